The SMILES string of the molecule is Nc1cccc(CC(=O)Nc2sc(-c3ccncc3)cc2N)c1. The molecule has 0 fully saturated rings. The highest BCUT2D eigenvalue weighted by Crippen LogP contribution is 2.36. The van der Waals surface area contributed by atoms with E-state index in [1.54, 1.807) is 24.5 Å². The van der Waals surface area contributed by atoms with Crippen molar-refractivity contribution in [2.24, 2.45) is 0 Å². The number of nitrogens with one attached hydrogen (secondary N) is 1. The topological polar surface area (TPSA) is 94.0 Å². The van der Waals surface area contributed by atoms with E-state index in [2.05, 4.69) is 10.3 Å². The molecular weight excluding hydrogens is 308 g/mol. The maximum absolute atomic E-state index is 12.2. The third kappa shape index (κ3) is 3.67. The lowest BCUT2D eigenvalue weighted by Crippen LogP contribution is -2.14. The highest BCUT2D eigenvalue weighted by atomic mass is 32.1. The van der Waals surface area contributed by atoms with Crippen LogP contribution in [0, 0.1) is 0 Å². The van der Waals surface area contributed by atoms with Gasteiger partial charge in [-0.1, -0.05) is 12.1 Å². The Hall–Kier alpha value is -2.86. The smallest absolute Gasteiger partial charge is 0.229 e. The van der Waals surface area contributed by atoms with Gasteiger partial charge in [0.15, 0.2) is 0 Å². The van der Waals surface area contributed by atoms with Crippen molar-refractivity contribution in [3.63, 3.8) is 0 Å². The van der Waals surface area contributed by atoms with Gasteiger partial charge >= 0.3 is 0 Å². The molecule has 0 aliphatic rings. The Morgan fingerprint density at radius 1 is 1.13 bits per heavy atom. The first-order valence-electron chi connectivity index (χ1n) is 7.06. The highest BCUT2D eigenvalue weighted by molar-refractivity contribution is 7.20. The third-order valence-electron chi connectivity index (χ3n) is 3.29. The number of amides is 1. The molecule has 23 heavy (non-hydrogen) atoms. The average molecular weight is 324 g/mol. The van der Waals surface area contributed by atoms with Gasteiger partial charge in [0, 0.05) is 23.0 Å². The molecule has 0 saturated carbocycles. The number of nitrogen functional groups attached to an aromatic ring is 2. The number of hydrogen-bond acceptors (Lipinski definition) is 5. The molecule has 116 valence electrons. The summed E-state index contributed by atoms with van der Waals surface area (Å²) in [6.07, 6.45) is 3.71. The number of aromatic nitrogens is 1. The Morgan fingerprint density at radius 3 is 2.65 bits per heavy atom. The number of anilines is 3. The van der Waals surface area contributed by atoms with Gasteiger partial charge in [-0.3, -0.25) is 9.78 Å². The van der Waals surface area contributed by atoms with Crippen LogP contribution in [0.15, 0.2) is 54.9 Å². The van der Waals surface area contributed by atoms with Crippen LogP contribution in [0.4, 0.5) is 16.4 Å². The molecule has 2 aromatic heterocycles. The second-order valence-corrected chi connectivity index (χ2v) is 6.15. The average Bonchev–Trinajstić information content (AvgIpc) is 2.89. The van der Waals surface area contributed by atoms with E-state index in [1.165, 1.54) is 11.3 Å². The van der Waals surface area contributed by atoms with E-state index >= 15 is 0 Å². The van der Waals surface area contributed by atoms with Crippen LogP contribution >= 0.6 is 11.3 Å². The molecular formula is C17H16N4OS. The van der Waals surface area contributed by atoms with E-state index in [1.807, 2.05) is 30.3 Å². The third-order valence-corrected chi connectivity index (χ3v) is 4.41. The summed E-state index contributed by atoms with van der Waals surface area (Å²) in [6, 6.07) is 13.0. The highest BCUT2D eigenvalue weighted by Gasteiger charge is 2.11. The summed E-state index contributed by atoms with van der Waals surface area (Å²) in [5.41, 5.74) is 14.8. The van der Waals surface area contributed by atoms with Gasteiger partial charge < -0.3 is 16.8 Å². The van der Waals surface area contributed by atoms with Crippen LogP contribution in [0.1, 0.15) is 5.56 Å². The van der Waals surface area contributed by atoms with Crippen molar-refractivity contribution in [3.05, 3.63) is 60.4 Å². The molecule has 6 heteroatoms. The molecule has 0 spiro atoms. The maximum atomic E-state index is 12.2. The first kappa shape index (κ1) is 15.1. The van der Waals surface area contributed by atoms with Crippen molar-refractivity contribution in [1.82, 2.24) is 4.98 Å². The molecule has 0 radical (unpaired) electrons. The number of rotatable bonds is 4. The number of nitrogens with zero attached hydrogens (tertiary/aromatic N) is 1. The zero-order chi connectivity index (χ0) is 16.2. The number of carbonyl (C=O) groups is 1. The van der Waals surface area contributed by atoms with Gasteiger partial charge in [0.1, 0.15) is 5.00 Å². The van der Waals surface area contributed by atoms with Crippen molar-refractivity contribution >= 4 is 33.6 Å². The van der Waals surface area contributed by atoms with Gasteiger partial charge in [-0.25, -0.2) is 0 Å². The maximum Gasteiger partial charge on any atom is 0.229 e. The minimum atomic E-state index is -0.120. The molecule has 0 aliphatic heterocycles. The van der Waals surface area contributed by atoms with Crippen molar-refractivity contribution in [3.8, 4) is 10.4 Å². The summed E-state index contributed by atoms with van der Waals surface area (Å²) in [4.78, 5) is 17.2. The van der Waals surface area contributed by atoms with Gasteiger partial charge in [-0.05, 0) is 41.5 Å². The minimum Gasteiger partial charge on any atom is -0.399 e. The second-order valence-electron chi connectivity index (χ2n) is 5.10. The Bertz CT molecular complexity index is 830. The molecule has 0 unspecified atom stereocenters. The zero-order valence-electron chi connectivity index (χ0n) is 12.3. The Labute approximate surface area is 138 Å². The van der Waals surface area contributed by atoms with Crippen molar-refractivity contribution < 1.29 is 4.79 Å². The van der Waals surface area contributed by atoms with E-state index in [4.69, 9.17) is 11.5 Å². The zero-order valence-corrected chi connectivity index (χ0v) is 13.1. The van der Waals surface area contributed by atoms with Crippen molar-refractivity contribution in [2.75, 3.05) is 16.8 Å². The molecule has 5 nitrogen and oxygen atoms in total. The Kier molecular flexibility index (Phi) is 4.25. The molecule has 3 rings (SSSR count). The summed E-state index contributed by atoms with van der Waals surface area (Å²) < 4.78 is 0. The lowest BCUT2D eigenvalue weighted by molar-refractivity contribution is -0.115. The van der Waals surface area contributed by atoms with Crippen molar-refractivity contribution in [1.29, 1.82) is 0 Å². The number of carbonyl (C=O) groups excluding carboxylic acids is 1. The van der Waals surface area contributed by atoms with Gasteiger partial charge in [0.25, 0.3) is 0 Å². The van der Waals surface area contributed by atoms with Gasteiger partial charge in [-0.2, -0.15) is 0 Å². The number of nitrogens with two attached hydrogens (primary N) is 2. The molecule has 1 aromatic carbocycles. The van der Waals surface area contributed by atoms with Crippen LogP contribution < -0.4 is 16.8 Å². The molecule has 5 N–H and O–H groups in total. The number of pyridine rings is 1. The first-order chi connectivity index (χ1) is 11.1. The van der Waals surface area contributed by atoms with Crippen LogP contribution in [0.2, 0.25) is 0 Å². The van der Waals surface area contributed by atoms with Crippen LogP contribution in [0.5, 0.6) is 0 Å². The molecule has 0 bridgehead atoms. The lowest BCUT2D eigenvalue weighted by atomic mass is 10.1. The van der Waals surface area contributed by atoms with E-state index in [0.717, 1.165) is 16.0 Å². The summed E-state index contributed by atoms with van der Waals surface area (Å²) in [5, 5.41) is 3.52. The van der Waals surface area contributed by atoms with E-state index in [0.29, 0.717) is 16.4 Å². The van der Waals surface area contributed by atoms with Crippen LogP contribution in [-0.2, 0) is 11.2 Å². The van der Waals surface area contributed by atoms with Gasteiger partial charge in [0.05, 0.1) is 12.1 Å². The fraction of sp³-hybridized carbons (Fsp3) is 0.0588. The van der Waals surface area contributed by atoms with E-state index in [-0.39, 0.29) is 12.3 Å². The standard InChI is InChI=1S/C17H16N4OS/c18-13-3-1-2-11(8-13)9-16(22)21-17-14(19)10-15(23-17)12-4-6-20-7-5-12/h1-8,10H,9,18-19H2,(H,21,22). The minimum absolute atomic E-state index is 0.120. The number of thiophene rings is 1. The number of benzene rings is 1. The van der Waals surface area contributed by atoms with Crippen LogP contribution in [0.25, 0.3) is 10.4 Å². The fourth-order valence-electron chi connectivity index (χ4n) is 2.22. The van der Waals surface area contributed by atoms with Gasteiger partial charge in [-0.15, -0.1) is 11.3 Å². The molecule has 1 amide bonds. The van der Waals surface area contributed by atoms with Gasteiger partial charge in [0.2, 0.25) is 5.91 Å². The molecule has 3 aromatic rings. The monoisotopic (exact) mass is 324 g/mol. The summed E-state index contributed by atoms with van der Waals surface area (Å²) in [5.74, 6) is -0.120. The number of hydrogen-bond donors (Lipinski definition) is 3. The molecule has 0 atom stereocenters. The predicted molar refractivity (Wildman–Crippen MR) is 95.2 cm³/mol. The quantitative estimate of drug-likeness (QED) is 0.643. The van der Waals surface area contributed by atoms with E-state index < -0.39 is 0 Å². The molecule has 0 aliphatic carbocycles. The second kappa shape index (κ2) is 6.50. The van der Waals surface area contributed by atoms with Crippen LogP contribution in [-0.4, -0.2) is 10.9 Å². The summed E-state index contributed by atoms with van der Waals surface area (Å²) in [7, 11) is 0. The van der Waals surface area contributed by atoms with Crippen molar-refractivity contribution in [2.45, 2.75) is 6.42 Å². The summed E-state index contributed by atoms with van der Waals surface area (Å²) >= 11 is 1.45. The van der Waals surface area contributed by atoms with Crippen LogP contribution in [0.3, 0.4) is 0 Å². The largest absolute Gasteiger partial charge is 0.399 e. The normalized spacial score (nSPS) is 10.4. The van der Waals surface area contributed by atoms with E-state index in [9.17, 15) is 4.79 Å². The Morgan fingerprint density at radius 2 is 1.91 bits per heavy atom. The molecule has 2 heterocycles. The lowest BCUT2D eigenvalue weighted by Gasteiger charge is -2.04. The predicted octanol–water partition coefficient (Wildman–Crippen LogP) is 3.16. The first-order valence-corrected chi connectivity index (χ1v) is 7.87. The molecule has 0 saturated heterocycles. The summed E-state index contributed by atoms with van der Waals surface area (Å²) in [6.45, 7) is 0. The Balaban J connectivity index is 1.73. The fourth-order valence-corrected chi connectivity index (χ4v) is 3.22.